The standard InChI is InChI=1S/C19H21N7OS/c20-12-4-3-9-26(11-12)15-6-8-22-10-14(15)24-18(27)16-17(21)28-19(25-16)13-5-1-2-7-23-13/h1-2,5-8,10,12H,3-4,9,11,20-21H2,(H,24,27). The van der Waals surface area contributed by atoms with Gasteiger partial charge in [0.05, 0.1) is 23.3 Å². The molecule has 3 aromatic rings. The highest BCUT2D eigenvalue weighted by molar-refractivity contribution is 7.19. The van der Waals surface area contributed by atoms with Crippen molar-refractivity contribution in [2.24, 2.45) is 5.73 Å². The molecule has 28 heavy (non-hydrogen) atoms. The van der Waals surface area contributed by atoms with E-state index < -0.39 is 0 Å². The lowest BCUT2D eigenvalue weighted by Crippen LogP contribution is -2.43. The number of anilines is 3. The van der Waals surface area contributed by atoms with Crippen molar-refractivity contribution >= 4 is 33.6 Å². The fraction of sp³-hybridized carbons (Fsp3) is 0.263. The van der Waals surface area contributed by atoms with E-state index in [4.69, 9.17) is 11.5 Å². The molecular formula is C19H21N7OS. The van der Waals surface area contributed by atoms with Crippen molar-refractivity contribution in [1.29, 1.82) is 0 Å². The fourth-order valence-corrected chi connectivity index (χ4v) is 4.07. The molecule has 1 aliphatic rings. The van der Waals surface area contributed by atoms with Crippen LogP contribution in [0.1, 0.15) is 23.3 Å². The number of thiazole rings is 1. The van der Waals surface area contributed by atoms with E-state index in [-0.39, 0.29) is 17.6 Å². The Morgan fingerprint density at radius 3 is 2.96 bits per heavy atom. The minimum Gasteiger partial charge on any atom is -0.389 e. The third-order valence-corrected chi connectivity index (χ3v) is 5.50. The number of nitrogens with two attached hydrogens (primary N) is 2. The Kier molecular flexibility index (Phi) is 5.18. The molecule has 5 N–H and O–H groups in total. The Bertz CT molecular complexity index is 975. The van der Waals surface area contributed by atoms with Crippen LogP contribution in [0.4, 0.5) is 16.4 Å². The summed E-state index contributed by atoms with van der Waals surface area (Å²) in [7, 11) is 0. The minimum absolute atomic E-state index is 0.126. The van der Waals surface area contributed by atoms with E-state index >= 15 is 0 Å². The lowest BCUT2D eigenvalue weighted by atomic mass is 10.1. The zero-order chi connectivity index (χ0) is 19.5. The Labute approximate surface area is 166 Å². The third kappa shape index (κ3) is 3.80. The van der Waals surface area contributed by atoms with E-state index in [1.807, 2.05) is 24.3 Å². The first-order chi connectivity index (χ1) is 13.6. The maximum Gasteiger partial charge on any atom is 0.277 e. The fourth-order valence-electron chi connectivity index (χ4n) is 3.26. The molecule has 144 valence electrons. The van der Waals surface area contributed by atoms with Gasteiger partial charge < -0.3 is 21.7 Å². The summed E-state index contributed by atoms with van der Waals surface area (Å²) in [5, 5.41) is 3.86. The first-order valence-corrected chi connectivity index (χ1v) is 9.87. The van der Waals surface area contributed by atoms with Crippen molar-refractivity contribution in [3.8, 4) is 10.7 Å². The summed E-state index contributed by atoms with van der Waals surface area (Å²) < 4.78 is 0. The van der Waals surface area contributed by atoms with Gasteiger partial charge in [-0.25, -0.2) is 4.98 Å². The van der Waals surface area contributed by atoms with Gasteiger partial charge in [-0.05, 0) is 31.0 Å². The summed E-state index contributed by atoms with van der Waals surface area (Å²) in [6.07, 6.45) is 7.05. The number of nitrogens with one attached hydrogen (secondary N) is 1. The SMILES string of the molecule is Nc1sc(-c2ccccn2)nc1C(=O)Nc1cnccc1N1CCCC(N)C1. The largest absolute Gasteiger partial charge is 0.389 e. The van der Waals surface area contributed by atoms with Crippen LogP contribution in [0.3, 0.4) is 0 Å². The van der Waals surface area contributed by atoms with Gasteiger partial charge in [-0.15, -0.1) is 0 Å². The average Bonchev–Trinajstić information content (AvgIpc) is 3.11. The highest BCUT2D eigenvalue weighted by atomic mass is 32.1. The number of amides is 1. The van der Waals surface area contributed by atoms with Crippen molar-refractivity contribution in [2.45, 2.75) is 18.9 Å². The van der Waals surface area contributed by atoms with Gasteiger partial charge in [-0.1, -0.05) is 17.4 Å². The summed E-state index contributed by atoms with van der Waals surface area (Å²) >= 11 is 1.24. The van der Waals surface area contributed by atoms with Crippen LogP contribution in [-0.2, 0) is 0 Å². The number of hydrogen-bond donors (Lipinski definition) is 3. The first kappa shape index (κ1) is 18.3. The molecule has 9 heteroatoms. The Morgan fingerprint density at radius 2 is 2.18 bits per heavy atom. The maximum absolute atomic E-state index is 12.8. The van der Waals surface area contributed by atoms with E-state index in [1.54, 1.807) is 18.6 Å². The van der Waals surface area contributed by atoms with Crippen LogP contribution in [-0.4, -0.2) is 40.0 Å². The maximum atomic E-state index is 12.8. The van der Waals surface area contributed by atoms with Crippen LogP contribution in [0.15, 0.2) is 42.9 Å². The summed E-state index contributed by atoms with van der Waals surface area (Å²) in [6.45, 7) is 1.64. The van der Waals surface area contributed by atoms with Crippen molar-refractivity contribution < 1.29 is 4.79 Å². The number of nitrogen functional groups attached to an aromatic ring is 1. The number of aromatic nitrogens is 3. The highest BCUT2D eigenvalue weighted by Gasteiger charge is 2.22. The molecule has 0 aromatic carbocycles. The van der Waals surface area contributed by atoms with Crippen molar-refractivity contribution in [3.05, 3.63) is 48.5 Å². The predicted molar refractivity (Wildman–Crippen MR) is 111 cm³/mol. The summed E-state index contributed by atoms with van der Waals surface area (Å²) in [5.41, 5.74) is 14.6. The van der Waals surface area contributed by atoms with Crippen LogP contribution in [0.2, 0.25) is 0 Å². The van der Waals surface area contributed by atoms with Gasteiger partial charge in [0.25, 0.3) is 5.91 Å². The number of rotatable bonds is 4. The molecule has 1 unspecified atom stereocenters. The monoisotopic (exact) mass is 395 g/mol. The second-order valence-corrected chi connectivity index (χ2v) is 7.67. The summed E-state index contributed by atoms with van der Waals surface area (Å²) in [6, 6.07) is 7.53. The topological polar surface area (TPSA) is 123 Å². The van der Waals surface area contributed by atoms with Gasteiger partial charge >= 0.3 is 0 Å². The zero-order valence-corrected chi connectivity index (χ0v) is 16.0. The third-order valence-electron chi connectivity index (χ3n) is 4.60. The number of hydrogen-bond acceptors (Lipinski definition) is 8. The normalized spacial score (nSPS) is 16.8. The molecule has 8 nitrogen and oxygen atoms in total. The number of carbonyl (C=O) groups is 1. The minimum atomic E-state index is -0.369. The molecule has 0 saturated carbocycles. The quantitative estimate of drug-likeness (QED) is 0.619. The molecule has 0 bridgehead atoms. The van der Waals surface area contributed by atoms with Crippen LogP contribution in [0, 0.1) is 0 Å². The predicted octanol–water partition coefficient (Wildman–Crippen LogP) is 2.36. The van der Waals surface area contributed by atoms with Crippen LogP contribution < -0.4 is 21.7 Å². The lowest BCUT2D eigenvalue weighted by molar-refractivity contribution is 0.102. The van der Waals surface area contributed by atoms with Crippen molar-refractivity contribution in [2.75, 3.05) is 29.0 Å². The van der Waals surface area contributed by atoms with Gasteiger partial charge in [-0.3, -0.25) is 14.8 Å². The van der Waals surface area contributed by atoms with Gasteiger partial charge in [-0.2, -0.15) is 0 Å². The van der Waals surface area contributed by atoms with E-state index in [2.05, 4.69) is 25.2 Å². The average molecular weight is 395 g/mol. The molecular weight excluding hydrogens is 374 g/mol. The van der Waals surface area contributed by atoms with Gasteiger partial charge in [0.15, 0.2) is 5.69 Å². The molecule has 0 spiro atoms. The molecule has 1 aliphatic heterocycles. The van der Waals surface area contributed by atoms with Gasteiger partial charge in [0.2, 0.25) is 0 Å². The molecule has 1 fully saturated rings. The van der Waals surface area contributed by atoms with Gasteiger partial charge in [0, 0.05) is 31.5 Å². The highest BCUT2D eigenvalue weighted by Crippen LogP contribution is 2.31. The van der Waals surface area contributed by atoms with E-state index in [0.29, 0.717) is 21.4 Å². The molecule has 1 amide bonds. The Morgan fingerprint density at radius 1 is 1.29 bits per heavy atom. The number of nitrogens with zero attached hydrogens (tertiary/aromatic N) is 4. The smallest absolute Gasteiger partial charge is 0.277 e. The number of carbonyl (C=O) groups excluding carboxylic acids is 1. The second-order valence-electron chi connectivity index (χ2n) is 6.64. The zero-order valence-electron chi connectivity index (χ0n) is 15.2. The van der Waals surface area contributed by atoms with Crippen molar-refractivity contribution in [3.63, 3.8) is 0 Å². The molecule has 4 heterocycles. The molecule has 0 aliphatic carbocycles. The molecule has 4 rings (SSSR count). The summed E-state index contributed by atoms with van der Waals surface area (Å²) in [4.78, 5) is 27.8. The van der Waals surface area contributed by atoms with Crippen LogP contribution in [0.5, 0.6) is 0 Å². The number of piperidine rings is 1. The van der Waals surface area contributed by atoms with E-state index in [9.17, 15) is 4.79 Å². The molecule has 1 atom stereocenters. The van der Waals surface area contributed by atoms with E-state index in [0.717, 1.165) is 31.6 Å². The molecule has 3 aromatic heterocycles. The summed E-state index contributed by atoms with van der Waals surface area (Å²) in [5.74, 6) is -0.369. The van der Waals surface area contributed by atoms with E-state index in [1.165, 1.54) is 11.3 Å². The number of pyridine rings is 2. The second kappa shape index (κ2) is 7.91. The van der Waals surface area contributed by atoms with Gasteiger partial charge in [0.1, 0.15) is 10.0 Å². The van der Waals surface area contributed by atoms with Crippen molar-refractivity contribution in [1.82, 2.24) is 15.0 Å². The Hall–Kier alpha value is -3.04. The Balaban J connectivity index is 1.57. The lowest BCUT2D eigenvalue weighted by Gasteiger charge is -2.33. The van der Waals surface area contributed by atoms with Crippen LogP contribution in [0.25, 0.3) is 10.7 Å². The van der Waals surface area contributed by atoms with Crippen LogP contribution >= 0.6 is 11.3 Å². The molecule has 0 radical (unpaired) electrons. The first-order valence-electron chi connectivity index (χ1n) is 9.05. The molecule has 1 saturated heterocycles.